The Bertz CT molecular complexity index is 1800. The zero-order valence-electron chi connectivity index (χ0n) is 26.9. The average Bonchev–Trinajstić information content (AvgIpc) is 3.39. The van der Waals surface area contributed by atoms with Crippen molar-refractivity contribution in [1.29, 1.82) is 0 Å². The van der Waals surface area contributed by atoms with Crippen LogP contribution in [0.4, 0.5) is 4.79 Å². The van der Waals surface area contributed by atoms with E-state index < -0.39 is 42.3 Å². The number of aliphatic hydroxyl groups excluding tert-OH is 1. The molecule has 1 N–H and O–H groups in total. The van der Waals surface area contributed by atoms with Crippen molar-refractivity contribution >= 4 is 40.8 Å². The van der Waals surface area contributed by atoms with Gasteiger partial charge in [0.25, 0.3) is 5.91 Å². The van der Waals surface area contributed by atoms with Crippen molar-refractivity contribution < 1.29 is 55.7 Å². The molecule has 0 radical (unpaired) electrons. The maximum Gasteiger partial charge on any atom is 0.510 e. The number of aromatic nitrogens is 2. The van der Waals surface area contributed by atoms with Crippen LogP contribution in [0.25, 0.3) is 0 Å². The van der Waals surface area contributed by atoms with E-state index in [1.165, 1.54) is 35.0 Å². The Morgan fingerprint density at radius 2 is 1.88 bits per heavy atom. The fourth-order valence-corrected chi connectivity index (χ4v) is 7.59. The summed E-state index contributed by atoms with van der Waals surface area (Å²) in [4.78, 5) is 34.2. The summed E-state index contributed by atoms with van der Waals surface area (Å²) in [5, 5.41) is 10.9. The maximum absolute atomic E-state index is 13.7. The van der Waals surface area contributed by atoms with Crippen LogP contribution in [0.3, 0.4) is 0 Å². The minimum atomic E-state index is -3.53. The molecule has 1 fully saturated rings. The molecule has 1 atom stereocenters. The maximum atomic E-state index is 13.7. The number of amides is 1. The largest absolute Gasteiger partial charge is 0.510 e. The van der Waals surface area contributed by atoms with Gasteiger partial charge >= 0.3 is 13.8 Å². The van der Waals surface area contributed by atoms with E-state index >= 15 is 0 Å². The van der Waals surface area contributed by atoms with Crippen molar-refractivity contribution in [3.63, 3.8) is 0 Å². The summed E-state index contributed by atoms with van der Waals surface area (Å²) in [6.07, 6.45) is 1.91. The van der Waals surface area contributed by atoms with Crippen LogP contribution in [0.2, 0.25) is 0 Å². The predicted octanol–water partition coefficient (Wildman–Crippen LogP) is 5.07. The van der Waals surface area contributed by atoms with Gasteiger partial charge in [-0.2, -0.15) is 4.99 Å². The van der Waals surface area contributed by atoms with Gasteiger partial charge in [0.1, 0.15) is 23.4 Å². The molecule has 1 saturated heterocycles. The summed E-state index contributed by atoms with van der Waals surface area (Å²) in [5.41, 5.74) is 0.463. The zero-order valence-corrected chi connectivity index (χ0v) is 29.4. The SMILES string of the molecule is CC[C@@H](CCO)Oc1cc(Oc2ccc(S(C)(=O)=O)nc2)cc(C(=O)N=c2scc(CP3(=O)OCCCO3)n2COC(=O)OC(C)C)c1. The Morgan fingerprint density at radius 3 is 2.50 bits per heavy atom. The molecule has 1 aliphatic rings. The second-order valence-electron chi connectivity index (χ2n) is 10.9. The third kappa shape index (κ3) is 10.7. The lowest BCUT2D eigenvalue weighted by Gasteiger charge is -2.23. The van der Waals surface area contributed by atoms with Crippen molar-refractivity contribution in [1.82, 2.24) is 9.55 Å². The molecular weight excluding hydrogens is 689 g/mol. The van der Waals surface area contributed by atoms with Gasteiger partial charge in [0.2, 0.25) is 0 Å². The molecule has 3 heterocycles. The van der Waals surface area contributed by atoms with Gasteiger partial charge in [0.05, 0.1) is 31.7 Å². The standard InChI is InChI=1S/C30H38N3O12PS2/c1-5-23(9-10-34)44-25-13-21(14-26(15-25)45-24-7-8-27(31-16-24)48(4,38)39)28(35)32-29-33(19-40-30(36)43-20(2)3)22(18-47-29)17-46(37)41-11-6-12-42-46/h7-8,13-16,18,20,23,34H,5-6,9-12,17,19H2,1-4H3/t23-/m0/s1. The monoisotopic (exact) mass is 727 g/mol. The van der Waals surface area contributed by atoms with E-state index in [0.29, 0.717) is 25.0 Å². The number of sulfone groups is 1. The van der Waals surface area contributed by atoms with E-state index in [4.69, 9.17) is 28.0 Å². The molecule has 2 aromatic heterocycles. The van der Waals surface area contributed by atoms with Crippen molar-refractivity contribution in [2.24, 2.45) is 4.99 Å². The van der Waals surface area contributed by atoms with Gasteiger partial charge in [-0.1, -0.05) is 6.92 Å². The summed E-state index contributed by atoms with van der Waals surface area (Å²) < 4.78 is 71.4. The minimum absolute atomic E-state index is 0.0652. The molecule has 3 aromatic rings. The van der Waals surface area contributed by atoms with Crippen LogP contribution >= 0.6 is 18.9 Å². The van der Waals surface area contributed by atoms with E-state index in [1.54, 1.807) is 25.3 Å². The van der Waals surface area contributed by atoms with Gasteiger partial charge in [-0.3, -0.25) is 13.9 Å². The molecule has 1 aliphatic heterocycles. The Morgan fingerprint density at radius 1 is 1.15 bits per heavy atom. The van der Waals surface area contributed by atoms with Crippen molar-refractivity contribution in [2.75, 3.05) is 26.1 Å². The Kier molecular flexibility index (Phi) is 12.9. The van der Waals surface area contributed by atoms with Crippen molar-refractivity contribution in [2.45, 2.75) is 70.2 Å². The number of carbonyl (C=O) groups excluding carboxylic acids is 2. The lowest BCUT2D eigenvalue weighted by Crippen LogP contribution is -2.24. The second kappa shape index (κ2) is 16.7. The van der Waals surface area contributed by atoms with Gasteiger partial charge < -0.3 is 33.1 Å². The van der Waals surface area contributed by atoms with Crippen LogP contribution in [0, 0.1) is 0 Å². The van der Waals surface area contributed by atoms with E-state index in [-0.39, 0.29) is 64.7 Å². The number of hydrogen-bond acceptors (Lipinski definition) is 14. The Hall–Kier alpha value is -3.60. The van der Waals surface area contributed by atoms with Crippen LogP contribution in [-0.4, -0.2) is 73.4 Å². The molecule has 0 aliphatic carbocycles. The number of thiazole rings is 1. The number of hydrogen-bond donors (Lipinski definition) is 1. The number of aliphatic hydroxyl groups is 1. The summed E-state index contributed by atoms with van der Waals surface area (Å²) in [7, 11) is -7.02. The number of nitrogens with zero attached hydrogens (tertiary/aromatic N) is 3. The zero-order chi connectivity index (χ0) is 34.9. The molecule has 0 bridgehead atoms. The first-order valence-corrected chi connectivity index (χ1v) is 19.5. The fraction of sp³-hybridized carbons (Fsp3) is 0.467. The highest BCUT2D eigenvalue weighted by atomic mass is 32.2. The first-order chi connectivity index (χ1) is 22.8. The molecule has 0 spiro atoms. The topological polar surface area (TPSA) is 191 Å². The average molecular weight is 728 g/mol. The Labute approximate surface area is 281 Å². The van der Waals surface area contributed by atoms with Gasteiger partial charge in [-0.25, -0.2) is 18.2 Å². The molecular formula is C30H38N3O12PS2. The molecule has 18 heteroatoms. The lowest BCUT2D eigenvalue weighted by molar-refractivity contribution is 0.0150. The van der Waals surface area contributed by atoms with Crippen LogP contribution in [-0.2, 0) is 45.8 Å². The van der Waals surface area contributed by atoms with E-state index in [0.717, 1.165) is 17.6 Å². The number of ether oxygens (including phenoxy) is 4. The summed E-state index contributed by atoms with van der Waals surface area (Å²) in [6.45, 7) is 5.25. The van der Waals surface area contributed by atoms with Crippen molar-refractivity contribution in [3.05, 3.63) is 58.0 Å². The Balaban J connectivity index is 1.70. The van der Waals surface area contributed by atoms with Crippen LogP contribution < -0.4 is 14.3 Å². The first-order valence-electron chi connectivity index (χ1n) is 15.0. The quantitative estimate of drug-likeness (QED) is 0.171. The highest BCUT2D eigenvalue weighted by Gasteiger charge is 2.30. The smallest absolute Gasteiger partial charge is 0.490 e. The normalized spacial score (nSPS) is 15.6. The van der Waals surface area contributed by atoms with Gasteiger partial charge in [-0.15, -0.1) is 11.3 Å². The molecule has 48 heavy (non-hydrogen) atoms. The summed E-state index contributed by atoms with van der Waals surface area (Å²) >= 11 is 1.05. The molecule has 0 unspecified atom stereocenters. The third-order valence-corrected chi connectivity index (χ3v) is 10.4. The molecule has 262 valence electrons. The van der Waals surface area contributed by atoms with Crippen LogP contribution in [0.5, 0.6) is 17.2 Å². The highest BCUT2D eigenvalue weighted by Crippen LogP contribution is 2.53. The fourth-order valence-electron chi connectivity index (χ4n) is 4.29. The van der Waals surface area contributed by atoms with E-state index in [1.807, 2.05) is 6.92 Å². The summed E-state index contributed by atoms with van der Waals surface area (Å²) in [6, 6.07) is 7.16. The van der Waals surface area contributed by atoms with Gasteiger partial charge in [0.15, 0.2) is 26.4 Å². The van der Waals surface area contributed by atoms with E-state index in [9.17, 15) is 27.7 Å². The summed E-state index contributed by atoms with van der Waals surface area (Å²) in [5.74, 6) is -0.0838. The predicted molar refractivity (Wildman–Crippen MR) is 173 cm³/mol. The first kappa shape index (κ1) is 37.2. The van der Waals surface area contributed by atoms with Crippen LogP contribution in [0.15, 0.2) is 51.9 Å². The highest BCUT2D eigenvalue weighted by molar-refractivity contribution is 7.90. The number of benzene rings is 1. The van der Waals surface area contributed by atoms with Crippen molar-refractivity contribution in [3.8, 4) is 17.2 Å². The van der Waals surface area contributed by atoms with Gasteiger partial charge in [0, 0.05) is 42.0 Å². The number of rotatable bonds is 14. The molecule has 1 amide bonds. The molecule has 0 saturated carbocycles. The molecule has 1 aromatic carbocycles. The minimum Gasteiger partial charge on any atom is -0.490 e. The van der Waals surface area contributed by atoms with Gasteiger partial charge in [-0.05, 0) is 51.0 Å². The number of pyridine rings is 1. The molecule has 4 rings (SSSR count). The second-order valence-corrected chi connectivity index (χ2v) is 15.7. The van der Waals surface area contributed by atoms with Crippen LogP contribution in [0.1, 0.15) is 56.1 Å². The third-order valence-electron chi connectivity index (χ3n) is 6.60. The molecule has 15 nitrogen and oxygen atoms in total. The van der Waals surface area contributed by atoms with E-state index in [2.05, 4.69) is 9.98 Å². The number of carbonyl (C=O) groups is 2. The lowest BCUT2D eigenvalue weighted by atomic mass is 10.1.